The number of aromatic nitrogens is 3. The van der Waals surface area contributed by atoms with Gasteiger partial charge >= 0.3 is 0 Å². The zero-order valence-electron chi connectivity index (χ0n) is 19.9. The summed E-state index contributed by atoms with van der Waals surface area (Å²) in [4.78, 5) is 12.9. The molecule has 4 aromatic rings. The van der Waals surface area contributed by atoms with Gasteiger partial charge in [0.2, 0.25) is 0 Å². The van der Waals surface area contributed by atoms with Gasteiger partial charge in [-0.05, 0) is 54.2 Å². The van der Waals surface area contributed by atoms with Crippen LogP contribution in [-0.2, 0) is 5.41 Å². The van der Waals surface area contributed by atoms with E-state index in [0.29, 0.717) is 28.7 Å². The second-order valence-corrected chi connectivity index (χ2v) is 11.1. The van der Waals surface area contributed by atoms with Gasteiger partial charge in [-0.1, -0.05) is 45.7 Å². The Morgan fingerprint density at radius 2 is 1.79 bits per heavy atom. The molecule has 3 aliphatic rings. The maximum atomic E-state index is 14.4. The van der Waals surface area contributed by atoms with Gasteiger partial charge in [-0.15, -0.1) is 0 Å². The number of anilines is 1. The molecule has 0 spiro atoms. The van der Waals surface area contributed by atoms with Crippen LogP contribution in [0, 0.1) is 23.5 Å². The molecule has 2 heterocycles. The van der Waals surface area contributed by atoms with Crippen molar-refractivity contribution in [1.29, 1.82) is 0 Å². The van der Waals surface area contributed by atoms with E-state index in [4.69, 9.17) is 9.97 Å². The largest absolute Gasteiger partial charge is 0.366 e. The van der Waals surface area contributed by atoms with Crippen molar-refractivity contribution in [3.8, 4) is 11.4 Å². The molecule has 3 aliphatic carbocycles. The number of benzene rings is 2. The number of aromatic amines is 1. The Morgan fingerprint density at radius 3 is 2.50 bits per heavy atom. The highest BCUT2D eigenvalue weighted by Crippen LogP contribution is 2.43. The Kier molecular flexibility index (Phi) is 4.91. The van der Waals surface area contributed by atoms with Crippen molar-refractivity contribution in [3.63, 3.8) is 0 Å². The van der Waals surface area contributed by atoms with Gasteiger partial charge in [-0.2, -0.15) is 0 Å². The van der Waals surface area contributed by atoms with Crippen molar-refractivity contribution in [1.82, 2.24) is 15.0 Å². The molecule has 2 aromatic carbocycles. The molecule has 7 rings (SSSR count). The van der Waals surface area contributed by atoms with E-state index < -0.39 is 11.6 Å². The number of nitrogens with zero attached hydrogens (tertiary/aromatic N) is 2. The molecule has 3 fully saturated rings. The first-order chi connectivity index (χ1) is 16.3. The fraction of sp³-hybridized carbons (Fsp3) is 0.429. The average Bonchev–Trinajstić information content (AvgIpc) is 3.23. The molecule has 0 amide bonds. The summed E-state index contributed by atoms with van der Waals surface area (Å²) in [6.45, 7) is 6.52. The van der Waals surface area contributed by atoms with Crippen LogP contribution in [-0.4, -0.2) is 21.0 Å². The van der Waals surface area contributed by atoms with E-state index >= 15 is 0 Å². The third-order valence-electron chi connectivity index (χ3n) is 7.85. The minimum atomic E-state index is -0.617. The van der Waals surface area contributed by atoms with Crippen molar-refractivity contribution in [3.05, 3.63) is 53.7 Å². The van der Waals surface area contributed by atoms with Crippen LogP contribution >= 0.6 is 0 Å². The van der Waals surface area contributed by atoms with Crippen LogP contribution in [0.15, 0.2) is 36.5 Å². The lowest BCUT2D eigenvalue weighted by molar-refractivity contribution is 0.157. The van der Waals surface area contributed by atoms with Crippen LogP contribution in [0.3, 0.4) is 0 Å². The van der Waals surface area contributed by atoms with Crippen molar-refractivity contribution < 1.29 is 8.78 Å². The third kappa shape index (κ3) is 3.55. The number of hydrogen-bond acceptors (Lipinski definition) is 3. The minimum Gasteiger partial charge on any atom is -0.366 e. The fourth-order valence-corrected chi connectivity index (χ4v) is 6.06. The standard InChI is InChI=1S/C28H30F2N4/c1-28(2,3)21-6-4-5-18-24(21)33-27(20-14-31-25-19(20)12-17(29)13-22(25)30)34-26(18)32-23-11-15-7-9-16(23)10-8-15/h4-6,12-16,23,31H,7-11H2,1-3H3,(H,32,33,34). The minimum absolute atomic E-state index is 0.120. The van der Waals surface area contributed by atoms with Gasteiger partial charge in [-0.25, -0.2) is 18.7 Å². The molecule has 6 heteroatoms. The number of hydrogen-bond donors (Lipinski definition) is 2. The van der Waals surface area contributed by atoms with E-state index in [9.17, 15) is 8.78 Å². The maximum absolute atomic E-state index is 14.4. The highest BCUT2D eigenvalue weighted by molar-refractivity contribution is 5.98. The van der Waals surface area contributed by atoms with Crippen LogP contribution in [0.1, 0.15) is 58.4 Å². The first-order valence-electron chi connectivity index (χ1n) is 12.3. The first kappa shape index (κ1) is 21.5. The van der Waals surface area contributed by atoms with Gasteiger partial charge < -0.3 is 10.3 Å². The van der Waals surface area contributed by atoms with Crippen LogP contribution in [0.25, 0.3) is 33.2 Å². The van der Waals surface area contributed by atoms with Crippen molar-refractivity contribution in [2.24, 2.45) is 11.8 Å². The van der Waals surface area contributed by atoms with Crippen LogP contribution in [0.4, 0.5) is 14.6 Å². The van der Waals surface area contributed by atoms with Crippen molar-refractivity contribution in [2.45, 2.75) is 64.3 Å². The molecule has 2 bridgehead atoms. The molecule has 1 unspecified atom stereocenters. The lowest BCUT2D eigenvalue weighted by atomic mass is 9.68. The van der Waals surface area contributed by atoms with Gasteiger partial charge in [0, 0.05) is 34.6 Å². The highest BCUT2D eigenvalue weighted by atomic mass is 19.1. The Balaban J connectivity index is 1.55. The molecule has 2 N–H and O–H groups in total. The van der Waals surface area contributed by atoms with E-state index in [1.54, 1.807) is 6.20 Å². The molecule has 1 atom stereocenters. The molecule has 4 nitrogen and oxygen atoms in total. The number of H-pyrrole nitrogens is 1. The number of fused-ring (bicyclic) bond motifs is 5. The summed E-state index contributed by atoms with van der Waals surface area (Å²) in [5, 5.41) is 5.24. The van der Waals surface area contributed by atoms with Gasteiger partial charge in [0.15, 0.2) is 5.82 Å². The van der Waals surface area contributed by atoms with E-state index in [-0.39, 0.29) is 10.9 Å². The number of nitrogens with one attached hydrogen (secondary N) is 2. The topological polar surface area (TPSA) is 53.6 Å². The summed E-state index contributed by atoms with van der Waals surface area (Å²) >= 11 is 0. The Morgan fingerprint density at radius 1 is 1.00 bits per heavy atom. The predicted molar refractivity (Wildman–Crippen MR) is 133 cm³/mol. The van der Waals surface area contributed by atoms with Crippen molar-refractivity contribution in [2.75, 3.05) is 5.32 Å². The number of para-hydroxylation sites is 1. The normalized spacial score (nSPS) is 22.6. The summed E-state index contributed by atoms with van der Waals surface area (Å²) in [5.74, 6) is 1.52. The second kappa shape index (κ2) is 7.76. The Bertz CT molecular complexity index is 1390. The molecular weight excluding hydrogens is 430 g/mol. The zero-order valence-corrected chi connectivity index (χ0v) is 19.9. The summed E-state index contributed by atoms with van der Waals surface area (Å²) in [6, 6.07) is 8.90. The second-order valence-electron chi connectivity index (χ2n) is 11.1. The summed E-state index contributed by atoms with van der Waals surface area (Å²) < 4.78 is 28.5. The molecular formula is C28H30F2N4. The van der Waals surface area contributed by atoms with Crippen LogP contribution in [0.2, 0.25) is 0 Å². The van der Waals surface area contributed by atoms with Crippen molar-refractivity contribution >= 4 is 27.6 Å². The van der Waals surface area contributed by atoms with E-state index in [2.05, 4.69) is 49.3 Å². The first-order valence-corrected chi connectivity index (χ1v) is 12.3. The number of halogens is 2. The molecule has 0 saturated heterocycles. The lowest BCUT2D eigenvalue weighted by Gasteiger charge is -2.43. The summed E-state index contributed by atoms with van der Waals surface area (Å²) in [6.07, 6.45) is 8.06. The van der Waals surface area contributed by atoms with Crippen LogP contribution in [0.5, 0.6) is 0 Å². The SMILES string of the molecule is CC(C)(C)c1cccc2c(NC3CC4CCC3CC4)nc(-c3c[nH]c4c(F)cc(F)cc34)nc12. The highest BCUT2D eigenvalue weighted by Gasteiger charge is 2.36. The summed E-state index contributed by atoms with van der Waals surface area (Å²) in [5.41, 5.74) is 2.76. The quantitative estimate of drug-likeness (QED) is 0.336. The predicted octanol–water partition coefficient (Wildman–Crippen LogP) is 7.34. The zero-order chi connectivity index (χ0) is 23.6. The Hall–Kier alpha value is -3.02. The fourth-order valence-electron chi connectivity index (χ4n) is 6.06. The van der Waals surface area contributed by atoms with Gasteiger partial charge in [0.05, 0.1) is 11.0 Å². The molecule has 0 aliphatic heterocycles. The molecule has 2 aromatic heterocycles. The maximum Gasteiger partial charge on any atom is 0.164 e. The molecule has 3 saturated carbocycles. The molecule has 34 heavy (non-hydrogen) atoms. The average molecular weight is 461 g/mol. The lowest BCUT2D eigenvalue weighted by Crippen LogP contribution is -2.40. The Labute approximate surface area is 198 Å². The van der Waals surface area contributed by atoms with E-state index in [1.807, 2.05) is 0 Å². The molecule has 176 valence electrons. The third-order valence-corrected chi connectivity index (χ3v) is 7.85. The van der Waals surface area contributed by atoms with Gasteiger partial charge in [0.25, 0.3) is 0 Å². The summed E-state index contributed by atoms with van der Waals surface area (Å²) in [7, 11) is 0. The van der Waals surface area contributed by atoms with E-state index in [1.165, 1.54) is 38.2 Å². The molecule has 0 radical (unpaired) electrons. The monoisotopic (exact) mass is 460 g/mol. The van der Waals surface area contributed by atoms with Gasteiger partial charge in [-0.3, -0.25) is 0 Å². The van der Waals surface area contributed by atoms with Gasteiger partial charge in [0.1, 0.15) is 17.5 Å². The smallest absolute Gasteiger partial charge is 0.164 e. The van der Waals surface area contributed by atoms with Crippen LogP contribution < -0.4 is 5.32 Å². The van der Waals surface area contributed by atoms with E-state index in [0.717, 1.165) is 34.3 Å². The number of rotatable bonds is 3.